The number of halogens is 2. The van der Waals surface area contributed by atoms with Crippen LogP contribution < -0.4 is 10.5 Å². The lowest BCUT2D eigenvalue weighted by Crippen LogP contribution is -2.12. The van der Waals surface area contributed by atoms with Gasteiger partial charge in [-0.05, 0) is 12.1 Å². The quantitative estimate of drug-likeness (QED) is 0.881. The van der Waals surface area contributed by atoms with Crippen molar-refractivity contribution in [2.75, 3.05) is 7.11 Å². The molecule has 8 heteroatoms. The van der Waals surface area contributed by atoms with Crippen molar-refractivity contribution in [1.82, 2.24) is 15.4 Å². The summed E-state index contributed by atoms with van der Waals surface area (Å²) in [6, 6.07) is 2.54. The standard InChI is InChI=1S/C10H8ClFN4O2/c1-18-9-5(11)2-4(3-6(9)12)7-8(10(13)17)15-16-14-7/h2-3H,1H3,(H2,13,17)(H,14,15,16). The van der Waals surface area contributed by atoms with Crippen LogP contribution in [-0.2, 0) is 0 Å². The van der Waals surface area contributed by atoms with Crippen LogP contribution in [0, 0.1) is 5.82 Å². The van der Waals surface area contributed by atoms with E-state index < -0.39 is 11.7 Å². The number of aromatic amines is 1. The average Bonchev–Trinajstić information content (AvgIpc) is 2.77. The zero-order valence-corrected chi connectivity index (χ0v) is 9.95. The Labute approximate surface area is 106 Å². The van der Waals surface area contributed by atoms with Gasteiger partial charge in [0.05, 0.1) is 12.1 Å². The Morgan fingerprint density at radius 3 is 2.78 bits per heavy atom. The zero-order valence-electron chi connectivity index (χ0n) is 9.20. The molecule has 0 aliphatic carbocycles. The van der Waals surface area contributed by atoms with Crippen LogP contribution >= 0.6 is 11.6 Å². The van der Waals surface area contributed by atoms with Gasteiger partial charge in [0.1, 0.15) is 5.69 Å². The molecule has 0 unspecified atom stereocenters. The lowest BCUT2D eigenvalue weighted by atomic mass is 10.1. The van der Waals surface area contributed by atoms with Crippen molar-refractivity contribution in [3.8, 4) is 17.0 Å². The molecule has 6 nitrogen and oxygen atoms in total. The minimum Gasteiger partial charge on any atom is -0.492 e. The second-order valence-corrected chi connectivity index (χ2v) is 3.77. The molecule has 0 saturated carbocycles. The summed E-state index contributed by atoms with van der Waals surface area (Å²) in [6.07, 6.45) is 0. The highest BCUT2D eigenvalue weighted by atomic mass is 35.5. The molecule has 1 amide bonds. The van der Waals surface area contributed by atoms with Crippen LogP contribution in [0.3, 0.4) is 0 Å². The van der Waals surface area contributed by atoms with Gasteiger partial charge >= 0.3 is 0 Å². The first-order valence-corrected chi connectivity index (χ1v) is 5.16. The summed E-state index contributed by atoms with van der Waals surface area (Å²) in [4.78, 5) is 11.1. The number of ether oxygens (including phenoxy) is 1. The van der Waals surface area contributed by atoms with Crippen molar-refractivity contribution in [3.05, 3.63) is 28.7 Å². The van der Waals surface area contributed by atoms with E-state index in [1.807, 2.05) is 0 Å². The number of nitrogens with two attached hydrogens (primary N) is 1. The number of rotatable bonds is 3. The van der Waals surface area contributed by atoms with Crippen LogP contribution in [0.1, 0.15) is 10.5 Å². The van der Waals surface area contributed by atoms with E-state index in [0.717, 1.165) is 6.07 Å². The Balaban J connectivity index is 2.58. The second-order valence-electron chi connectivity index (χ2n) is 3.36. The van der Waals surface area contributed by atoms with Crippen molar-refractivity contribution < 1.29 is 13.9 Å². The normalized spacial score (nSPS) is 10.4. The zero-order chi connectivity index (χ0) is 13.3. The maximum Gasteiger partial charge on any atom is 0.271 e. The molecule has 18 heavy (non-hydrogen) atoms. The molecule has 2 rings (SSSR count). The lowest BCUT2D eigenvalue weighted by molar-refractivity contribution is 0.0996. The predicted molar refractivity (Wildman–Crippen MR) is 61.9 cm³/mol. The van der Waals surface area contributed by atoms with E-state index in [2.05, 4.69) is 15.4 Å². The molecule has 2 aromatic rings. The predicted octanol–water partition coefficient (Wildman–Crippen LogP) is 1.37. The highest BCUT2D eigenvalue weighted by molar-refractivity contribution is 6.32. The average molecular weight is 271 g/mol. The molecule has 1 heterocycles. The molecular formula is C10H8ClFN4O2. The Morgan fingerprint density at radius 1 is 1.50 bits per heavy atom. The van der Waals surface area contributed by atoms with Gasteiger partial charge in [-0.1, -0.05) is 11.6 Å². The number of benzene rings is 1. The van der Waals surface area contributed by atoms with E-state index in [1.54, 1.807) is 0 Å². The number of carbonyl (C=O) groups is 1. The van der Waals surface area contributed by atoms with Gasteiger partial charge in [-0.2, -0.15) is 15.4 Å². The Hall–Kier alpha value is -2.15. The largest absolute Gasteiger partial charge is 0.492 e. The number of nitrogens with zero attached hydrogens (tertiary/aromatic N) is 2. The Kier molecular flexibility index (Phi) is 3.15. The first-order chi connectivity index (χ1) is 8.54. The van der Waals surface area contributed by atoms with E-state index in [-0.39, 0.29) is 27.7 Å². The third kappa shape index (κ3) is 2.00. The molecule has 0 fully saturated rings. The van der Waals surface area contributed by atoms with Crippen molar-refractivity contribution >= 4 is 17.5 Å². The number of hydrogen-bond donors (Lipinski definition) is 2. The monoisotopic (exact) mass is 270 g/mol. The summed E-state index contributed by atoms with van der Waals surface area (Å²) in [6.45, 7) is 0. The number of nitrogens with one attached hydrogen (secondary N) is 1. The molecule has 0 atom stereocenters. The molecule has 0 bridgehead atoms. The summed E-state index contributed by atoms with van der Waals surface area (Å²) >= 11 is 5.84. The topological polar surface area (TPSA) is 93.9 Å². The van der Waals surface area contributed by atoms with Crippen molar-refractivity contribution in [2.24, 2.45) is 5.73 Å². The second kappa shape index (κ2) is 4.61. The Bertz CT molecular complexity index is 591. The van der Waals surface area contributed by atoms with Crippen molar-refractivity contribution in [1.29, 1.82) is 0 Å². The van der Waals surface area contributed by atoms with Crippen LogP contribution in [0.2, 0.25) is 5.02 Å². The fourth-order valence-corrected chi connectivity index (χ4v) is 1.78. The fourth-order valence-electron chi connectivity index (χ4n) is 1.50. The lowest BCUT2D eigenvalue weighted by Gasteiger charge is -2.06. The van der Waals surface area contributed by atoms with Crippen molar-refractivity contribution in [2.45, 2.75) is 0 Å². The summed E-state index contributed by atoms with van der Waals surface area (Å²) in [5.41, 5.74) is 5.44. The highest BCUT2D eigenvalue weighted by Gasteiger charge is 2.18. The van der Waals surface area contributed by atoms with Crippen LogP contribution in [0.4, 0.5) is 4.39 Å². The Morgan fingerprint density at radius 2 is 2.22 bits per heavy atom. The molecular weight excluding hydrogens is 263 g/mol. The number of carbonyl (C=O) groups excluding carboxylic acids is 1. The smallest absolute Gasteiger partial charge is 0.271 e. The van der Waals surface area contributed by atoms with Gasteiger partial charge in [0.2, 0.25) is 0 Å². The van der Waals surface area contributed by atoms with Gasteiger partial charge in [0, 0.05) is 5.56 Å². The number of aromatic nitrogens is 3. The maximum atomic E-state index is 13.7. The maximum absolute atomic E-state index is 13.7. The van der Waals surface area contributed by atoms with Crippen LogP contribution in [0.15, 0.2) is 12.1 Å². The van der Waals surface area contributed by atoms with E-state index >= 15 is 0 Å². The number of hydrogen-bond acceptors (Lipinski definition) is 4. The molecule has 0 radical (unpaired) electrons. The fraction of sp³-hybridized carbons (Fsp3) is 0.100. The van der Waals surface area contributed by atoms with E-state index in [4.69, 9.17) is 22.1 Å². The summed E-state index contributed by atoms with van der Waals surface area (Å²) in [5.74, 6) is -1.52. The number of H-pyrrole nitrogens is 1. The first-order valence-electron chi connectivity index (χ1n) is 4.78. The number of methoxy groups -OCH3 is 1. The summed E-state index contributed by atoms with van der Waals surface area (Å²) < 4.78 is 18.4. The molecule has 1 aromatic carbocycles. The van der Waals surface area contributed by atoms with Crippen LogP contribution in [0.25, 0.3) is 11.3 Å². The number of amides is 1. The summed E-state index contributed by atoms with van der Waals surface area (Å²) in [5, 5.41) is 9.64. The highest BCUT2D eigenvalue weighted by Crippen LogP contribution is 2.33. The SMILES string of the molecule is COc1c(F)cc(-c2n[nH]nc2C(N)=O)cc1Cl. The number of primary amides is 1. The molecule has 3 N–H and O–H groups in total. The molecule has 0 aliphatic heterocycles. The molecule has 94 valence electrons. The van der Waals surface area contributed by atoms with Crippen LogP contribution in [0.5, 0.6) is 5.75 Å². The third-order valence-corrected chi connectivity index (χ3v) is 2.54. The van der Waals surface area contributed by atoms with Gasteiger partial charge < -0.3 is 10.5 Å². The molecule has 0 spiro atoms. The molecule has 0 aliphatic rings. The van der Waals surface area contributed by atoms with Gasteiger partial charge in [-0.3, -0.25) is 4.79 Å². The molecule has 0 saturated heterocycles. The third-order valence-electron chi connectivity index (χ3n) is 2.26. The van der Waals surface area contributed by atoms with Crippen molar-refractivity contribution in [3.63, 3.8) is 0 Å². The van der Waals surface area contributed by atoms with E-state index in [1.165, 1.54) is 13.2 Å². The van der Waals surface area contributed by atoms with E-state index in [0.29, 0.717) is 0 Å². The minimum atomic E-state index is -0.772. The van der Waals surface area contributed by atoms with Gasteiger partial charge in [-0.25, -0.2) is 4.39 Å². The van der Waals surface area contributed by atoms with Crippen LogP contribution in [-0.4, -0.2) is 28.4 Å². The first kappa shape index (κ1) is 12.3. The minimum absolute atomic E-state index is 0.0610. The van der Waals surface area contributed by atoms with Gasteiger partial charge in [-0.15, -0.1) is 0 Å². The van der Waals surface area contributed by atoms with Gasteiger partial charge in [0.15, 0.2) is 17.3 Å². The molecule has 1 aromatic heterocycles. The van der Waals surface area contributed by atoms with E-state index in [9.17, 15) is 9.18 Å². The summed E-state index contributed by atoms with van der Waals surface area (Å²) in [7, 11) is 1.30. The van der Waals surface area contributed by atoms with Gasteiger partial charge in [0.25, 0.3) is 5.91 Å².